The lowest BCUT2D eigenvalue weighted by Gasteiger charge is -2.26. The Morgan fingerprint density at radius 1 is 1.44 bits per heavy atom. The average Bonchev–Trinajstić information content (AvgIpc) is 2.30. The van der Waals surface area contributed by atoms with Crippen molar-refractivity contribution >= 4 is 29.9 Å². The molecule has 0 atom stereocenters. The van der Waals surface area contributed by atoms with Gasteiger partial charge in [-0.25, -0.2) is 0 Å². The van der Waals surface area contributed by atoms with Crippen molar-refractivity contribution in [2.45, 2.75) is 45.1 Å². The van der Waals surface area contributed by atoms with Crippen molar-refractivity contribution < 1.29 is 5.11 Å². The quantitative estimate of drug-likeness (QED) is 0.664. The molecule has 4 nitrogen and oxygen atoms in total. The fraction of sp³-hybridized carbons (Fsp3) is 0.909. The van der Waals surface area contributed by atoms with Gasteiger partial charge in [-0.2, -0.15) is 0 Å². The van der Waals surface area contributed by atoms with Gasteiger partial charge >= 0.3 is 0 Å². The summed E-state index contributed by atoms with van der Waals surface area (Å²) in [6.07, 6.45) is 3.51. The molecule has 0 amide bonds. The number of nitrogens with zero attached hydrogens (tertiary/aromatic N) is 1. The van der Waals surface area contributed by atoms with E-state index in [1.54, 1.807) is 0 Å². The maximum atomic E-state index is 10.1. The summed E-state index contributed by atoms with van der Waals surface area (Å²) in [6, 6.07) is 0. The molecule has 1 heterocycles. The lowest BCUT2D eigenvalue weighted by molar-refractivity contribution is 0.0250. The van der Waals surface area contributed by atoms with E-state index in [1.807, 2.05) is 13.8 Å². The first-order valence-electron chi connectivity index (χ1n) is 5.95. The van der Waals surface area contributed by atoms with Crippen molar-refractivity contribution in [3.05, 3.63) is 0 Å². The second kappa shape index (κ2) is 8.11. The van der Waals surface area contributed by atoms with E-state index in [9.17, 15) is 5.11 Å². The second-order valence-electron chi connectivity index (χ2n) is 4.12. The molecule has 3 N–H and O–H groups in total. The van der Waals surface area contributed by atoms with E-state index in [2.05, 4.69) is 15.6 Å². The molecule has 0 spiro atoms. The molecule has 0 saturated heterocycles. The average molecular weight is 341 g/mol. The highest BCUT2D eigenvalue weighted by molar-refractivity contribution is 14.0. The smallest absolute Gasteiger partial charge is 0.191 e. The van der Waals surface area contributed by atoms with Crippen molar-refractivity contribution in [3.8, 4) is 0 Å². The first-order valence-corrected chi connectivity index (χ1v) is 5.95. The summed E-state index contributed by atoms with van der Waals surface area (Å²) in [5, 5.41) is 16.5. The molecule has 1 rings (SSSR count). The van der Waals surface area contributed by atoms with Gasteiger partial charge in [0.2, 0.25) is 0 Å². The lowest BCUT2D eigenvalue weighted by atomic mass is 9.93. The Kier molecular flexibility index (Phi) is 8.09. The van der Waals surface area contributed by atoms with Crippen molar-refractivity contribution in [3.63, 3.8) is 0 Å². The topological polar surface area (TPSA) is 56.6 Å². The lowest BCUT2D eigenvalue weighted by Crippen LogP contribution is -2.43. The Morgan fingerprint density at radius 2 is 2.12 bits per heavy atom. The van der Waals surface area contributed by atoms with Gasteiger partial charge in [0.25, 0.3) is 0 Å². The summed E-state index contributed by atoms with van der Waals surface area (Å²) in [5.41, 5.74) is -0.512. The fourth-order valence-electron chi connectivity index (χ4n) is 1.67. The number of halogens is 1. The van der Waals surface area contributed by atoms with Crippen molar-refractivity contribution in [2.24, 2.45) is 4.99 Å². The van der Waals surface area contributed by atoms with Gasteiger partial charge < -0.3 is 15.7 Å². The van der Waals surface area contributed by atoms with Crippen molar-refractivity contribution in [1.29, 1.82) is 0 Å². The molecule has 5 heteroatoms. The minimum absolute atomic E-state index is 0. The van der Waals surface area contributed by atoms with Gasteiger partial charge in [0.15, 0.2) is 5.96 Å². The summed E-state index contributed by atoms with van der Waals surface area (Å²) in [7, 11) is 0. The predicted molar refractivity (Wildman–Crippen MR) is 78.5 cm³/mol. The molecule has 1 aliphatic rings. The van der Waals surface area contributed by atoms with E-state index >= 15 is 0 Å². The number of nitrogens with one attached hydrogen (secondary N) is 2. The van der Waals surface area contributed by atoms with Crippen LogP contribution in [0.25, 0.3) is 0 Å². The van der Waals surface area contributed by atoms with Crippen LogP contribution in [-0.4, -0.2) is 36.3 Å². The molecule has 0 unspecified atom stereocenters. The number of aliphatic imine (C=N–C) groups is 1. The minimum Gasteiger partial charge on any atom is -0.390 e. The maximum Gasteiger partial charge on any atom is 0.191 e. The van der Waals surface area contributed by atoms with Crippen LogP contribution in [0.1, 0.15) is 39.5 Å². The SMILES string of the molecule is CCC(O)(CC)CCNC1=NCCCN1.I. The third kappa shape index (κ3) is 5.34. The Balaban J connectivity index is 0.00000225. The molecular formula is C11H24IN3O. The summed E-state index contributed by atoms with van der Waals surface area (Å²) in [5.74, 6) is 0.885. The molecule has 96 valence electrons. The van der Waals surface area contributed by atoms with Gasteiger partial charge in [-0.1, -0.05) is 13.8 Å². The molecule has 0 bridgehead atoms. The second-order valence-corrected chi connectivity index (χ2v) is 4.12. The molecular weight excluding hydrogens is 317 g/mol. The summed E-state index contributed by atoms with van der Waals surface area (Å²) in [4.78, 5) is 4.31. The van der Waals surface area contributed by atoms with E-state index in [1.165, 1.54) is 0 Å². The molecule has 0 radical (unpaired) electrons. The third-order valence-corrected chi connectivity index (χ3v) is 3.10. The predicted octanol–water partition coefficient (Wildman–Crippen LogP) is 1.48. The van der Waals surface area contributed by atoms with E-state index in [0.29, 0.717) is 0 Å². The van der Waals surface area contributed by atoms with Crippen LogP contribution in [-0.2, 0) is 0 Å². The van der Waals surface area contributed by atoms with Crippen molar-refractivity contribution in [1.82, 2.24) is 10.6 Å². The van der Waals surface area contributed by atoms with Gasteiger partial charge in [0.1, 0.15) is 0 Å². The van der Waals surface area contributed by atoms with Gasteiger partial charge in [-0.15, -0.1) is 24.0 Å². The van der Waals surface area contributed by atoms with Crippen LogP contribution in [0.2, 0.25) is 0 Å². The normalized spacial score (nSPS) is 15.8. The van der Waals surface area contributed by atoms with Crippen LogP contribution in [0.4, 0.5) is 0 Å². The molecule has 0 aliphatic carbocycles. The van der Waals surface area contributed by atoms with Crippen LogP contribution in [0.3, 0.4) is 0 Å². The molecule has 1 aliphatic heterocycles. The van der Waals surface area contributed by atoms with E-state index in [-0.39, 0.29) is 24.0 Å². The molecule has 0 aromatic heterocycles. The highest BCUT2D eigenvalue weighted by Gasteiger charge is 2.21. The largest absolute Gasteiger partial charge is 0.390 e. The van der Waals surface area contributed by atoms with Gasteiger partial charge in [0, 0.05) is 19.6 Å². The van der Waals surface area contributed by atoms with E-state index in [0.717, 1.165) is 51.3 Å². The number of guanidine groups is 1. The zero-order valence-corrected chi connectivity index (χ0v) is 12.6. The fourth-order valence-corrected chi connectivity index (χ4v) is 1.67. The zero-order valence-electron chi connectivity index (χ0n) is 10.3. The van der Waals surface area contributed by atoms with Gasteiger partial charge in [-0.05, 0) is 25.7 Å². The van der Waals surface area contributed by atoms with Crippen LogP contribution >= 0.6 is 24.0 Å². The molecule has 0 aromatic rings. The standard InChI is InChI=1S/C11H23N3O.HI/c1-3-11(15,4-2)6-9-14-10-12-7-5-8-13-10;/h15H,3-9H2,1-2H3,(H2,12,13,14);1H. The van der Waals surface area contributed by atoms with E-state index in [4.69, 9.17) is 0 Å². The number of hydrogen-bond acceptors (Lipinski definition) is 4. The summed E-state index contributed by atoms with van der Waals surface area (Å²) >= 11 is 0. The zero-order chi connectivity index (χ0) is 11.1. The van der Waals surface area contributed by atoms with Crippen LogP contribution in [0.5, 0.6) is 0 Å². The molecule has 0 aromatic carbocycles. The van der Waals surface area contributed by atoms with Gasteiger partial charge in [0.05, 0.1) is 5.60 Å². The highest BCUT2D eigenvalue weighted by atomic mass is 127. The summed E-state index contributed by atoms with van der Waals surface area (Å²) in [6.45, 7) is 6.74. The Labute approximate surface area is 115 Å². The first kappa shape index (κ1) is 16.0. The molecule has 0 fully saturated rings. The monoisotopic (exact) mass is 341 g/mol. The van der Waals surface area contributed by atoms with Crippen molar-refractivity contribution in [2.75, 3.05) is 19.6 Å². The Morgan fingerprint density at radius 3 is 2.62 bits per heavy atom. The highest BCUT2D eigenvalue weighted by Crippen LogP contribution is 2.18. The first-order chi connectivity index (χ1) is 7.20. The molecule has 16 heavy (non-hydrogen) atoms. The number of hydrogen-bond donors (Lipinski definition) is 3. The van der Waals surface area contributed by atoms with Crippen LogP contribution in [0, 0.1) is 0 Å². The molecule has 0 saturated carbocycles. The van der Waals surface area contributed by atoms with Crippen LogP contribution in [0.15, 0.2) is 4.99 Å². The Hall–Kier alpha value is -0.0400. The third-order valence-electron chi connectivity index (χ3n) is 3.10. The number of aliphatic hydroxyl groups is 1. The minimum atomic E-state index is -0.512. The maximum absolute atomic E-state index is 10.1. The summed E-state index contributed by atoms with van der Waals surface area (Å²) < 4.78 is 0. The van der Waals surface area contributed by atoms with E-state index < -0.39 is 5.60 Å². The van der Waals surface area contributed by atoms with Gasteiger partial charge in [-0.3, -0.25) is 4.99 Å². The Bertz CT molecular complexity index is 217. The number of rotatable bonds is 5. The van der Waals surface area contributed by atoms with Crippen LogP contribution < -0.4 is 10.6 Å².